The number of hydrogen-bond acceptors (Lipinski definition) is 7. The molecular weight excluding hydrogens is 683 g/mol. The molecule has 3 N–H and O–H groups in total. The van der Waals surface area contributed by atoms with Gasteiger partial charge in [-0.3, -0.25) is 14.4 Å². The van der Waals surface area contributed by atoms with Crippen molar-refractivity contribution in [3.8, 4) is 11.1 Å². The second-order valence-corrected chi connectivity index (χ2v) is 14.9. The van der Waals surface area contributed by atoms with Crippen molar-refractivity contribution in [3.05, 3.63) is 109 Å². The molecule has 11 nitrogen and oxygen atoms in total. The van der Waals surface area contributed by atoms with Crippen molar-refractivity contribution >= 4 is 29.7 Å². The Kier molecular flexibility index (Phi) is 15.0. The van der Waals surface area contributed by atoms with Crippen LogP contribution in [0.25, 0.3) is 11.1 Å². The first kappa shape index (κ1) is 41.3. The van der Waals surface area contributed by atoms with Gasteiger partial charge < -0.3 is 30.0 Å². The van der Waals surface area contributed by atoms with E-state index in [9.17, 15) is 19.2 Å². The van der Waals surface area contributed by atoms with Crippen molar-refractivity contribution < 1.29 is 28.7 Å². The van der Waals surface area contributed by atoms with Gasteiger partial charge in [-0.05, 0) is 95.9 Å². The van der Waals surface area contributed by atoms with Gasteiger partial charge in [0, 0.05) is 12.7 Å². The number of carbonyl (C=O) groups is 4. The van der Waals surface area contributed by atoms with E-state index in [-0.39, 0.29) is 11.9 Å². The molecule has 288 valence electrons. The number of anilines is 1. The zero-order valence-electron chi connectivity index (χ0n) is 32.4. The SMILES string of the molecule is CCOC(=O)C(CCCCn1cnc(NC(=O)[C@@H](CCCc2ccccc2)NC(=O)C(C)(C)NC(=O)OC(C)(C)C)c1)c1ccc(-c2ccccc2)cc1. The van der Waals surface area contributed by atoms with Gasteiger partial charge in [-0.25, -0.2) is 9.78 Å². The smallest absolute Gasteiger partial charge is 0.408 e. The summed E-state index contributed by atoms with van der Waals surface area (Å²) < 4.78 is 12.7. The Morgan fingerprint density at radius 2 is 1.44 bits per heavy atom. The zero-order valence-corrected chi connectivity index (χ0v) is 32.4. The summed E-state index contributed by atoms with van der Waals surface area (Å²) in [6.07, 6.45) is 6.58. The van der Waals surface area contributed by atoms with E-state index in [4.69, 9.17) is 9.47 Å². The molecule has 11 heteroatoms. The van der Waals surface area contributed by atoms with Crippen LogP contribution in [0.15, 0.2) is 97.5 Å². The van der Waals surface area contributed by atoms with Gasteiger partial charge in [0.15, 0.2) is 5.82 Å². The van der Waals surface area contributed by atoms with E-state index < -0.39 is 35.1 Å². The molecule has 4 aromatic rings. The number of ether oxygens (including phenoxy) is 2. The maximum atomic E-state index is 13.6. The number of carbonyl (C=O) groups excluding carboxylic acids is 4. The van der Waals surface area contributed by atoms with Crippen molar-refractivity contribution in [2.45, 2.75) is 110 Å². The standard InChI is InChI=1S/C43H55N5O6/c1-7-53-39(50)35(34-26-24-33(25-27-34)32-20-12-9-13-21-32)22-14-15-28-48-29-37(44-30-48)46-38(49)36(23-16-19-31-17-10-8-11-18-31)45-40(51)43(5,6)47-41(52)54-42(2,3)4/h8-13,17-18,20-21,24-27,29-30,35-36H,7,14-16,19,22-23,28H2,1-6H3,(H,45,51)(H,46,49)(H,47,52)/t35?,36-/m1/s1. The number of aromatic nitrogens is 2. The molecule has 0 aliphatic carbocycles. The number of nitrogens with zero attached hydrogens (tertiary/aromatic N) is 2. The van der Waals surface area contributed by atoms with Crippen LogP contribution in [0.4, 0.5) is 10.6 Å². The van der Waals surface area contributed by atoms with E-state index in [0.717, 1.165) is 41.5 Å². The van der Waals surface area contributed by atoms with Crippen molar-refractivity contribution in [1.29, 1.82) is 0 Å². The van der Waals surface area contributed by atoms with E-state index in [1.165, 1.54) is 0 Å². The number of aryl methyl sites for hydroxylation is 2. The van der Waals surface area contributed by atoms with Gasteiger partial charge in [-0.1, -0.05) is 91.3 Å². The largest absolute Gasteiger partial charge is 0.466 e. The summed E-state index contributed by atoms with van der Waals surface area (Å²) in [7, 11) is 0. The van der Waals surface area contributed by atoms with Crippen LogP contribution in [0.1, 0.15) is 90.7 Å². The summed E-state index contributed by atoms with van der Waals surface area (Å²) in [5, 5.41) is 8.30. The first-order chi connectivity index (χ1) is 25.7. The Morgan fingerprint density at radius 1 is 0.796 bits per heavy atom. The quantitative estimate of drug-likeness (QED) is 0.0699. The third-order valence-corrected chi connectivity index (χ3v) is 8.84. The molecule has 1 heterocycles. The minimum atomic E-state index is -1.35. The molecule has 3 amide bonds. The van der Waals surface area contributed by atoms with Gasteiger partial charge in [-0.2, -0.15) is 0 Å². The summed E-state index contributed by atoms with van der Waals surface area (Å²) in [6.45, 7) is 11.1. The highest BCUT2D eigenvalue weighted by molar-refractivity contribution is 5.98. The van der Waals surface area contributed by atoms with Crippen LogP contribution in [0.2, 0.25) is 0 Å². The van der Waals surface area contributed by atoms with Gasteiger partial charge >= 0.3 is 12.1 Å². The van der Waals surface area contributed by atoms with Crippen LogP contribution in [-0.2, 0) is 36.8 Å². The Morgan fingerprint density at radius 3 is 2.09 bits per heavy atom. The fourth-order valence-corrected chi connectivity index (χ4v) is 5.98. The molecule has 0 aliphatic heterocycles. The summed E-state index contributed by atoms with van der Waals surface area (Å²) >= 11 is 0. The maximum Gasteiger partial charge on any atom is 0.408 e. The summed E-state index contributed by atoms with van der Waals surface area (Å²) in [5.41, 5.74) is 2.18. The Balaban J connectivity index is 1.34. The molecule has 0 radical (unpaired) electrons. The third-order valence-electron chi connectivity index (χ3n) is 8.84. The highest BCUT2D eigenvalue weighted by Gasteiger charge is 2.34. The van der Waals surface area contributed by atoms with Crippen molar-refractivity contribution in [3.63, 3.8) is 0 Å². The number of hydrogen-bond donors (Lipinski definition) is 3. The normalized spacial score (nSPS) is 12.6. The topological polar surface area (TPSA) is 141 Å². The number of nitrogens with one attached hydrogen (secondary N) is 3. The average Bonchev–Trinajstić information content (AvgIpc) is 3.57. The van der Waals surface area contributed by atoms with Crippen molar-refractivity contribution in [2.24, 2.45) is 0 Å². The summed E-state index contributed by atoms with van der Waals surface area (Å²) in [6, 6.07) is 27.2. The molecule has 0 fully saturated rings. The summed E-state index contributed by atoms with van der Waals surface area (Å²) in [5.74, 6) is -1.17. The minimum Gasteiger partial charge on any atom is -0.466 e. The highest BCUT2D eigenvalue weighted by atomic mass is 16.6. The number of esters is 1. The van der Waals surface area contributed by atoms with E-state index >= 15 is 0 Å². The van der Waals surface area contributed by atoms with E-state index in [1.54, 1.807) is 47.1 Å². The van der Waals surface area contributed by atoms with E-state index in [0.29, 0.717) is 38.2 Å². The number of benzene rings is 3. The van der Waals surface area contributed by atoms with Crippen LogP contribution in [0, 0.1) is 0 Å². The molecule has 1 unspecified atom stereocenters. The monoisotopic (exact) mass is 737 g/mol. The average molecular weight is 738 g/mol. The summed E-state index contributed by atoms with van der Waals surface area (Å²) in [4.78, 5) is 56.8. The lowest BCUT2D eigenvalue weighted by Crippen LogP contribution is -2.58. The van der Waals surface area contributed by atoms with Crippen molar-refractivity contribution in [1.82, 2.24) is 20.2 Å². The molecule has 0 aliphatic rings. The Labute approximate surface area is 319 Å². The molecule has 1 aromatic heterocycles. The number of rotatable bonds is 18. The fourth-order valence-electron chi connectivity index (χ4n) is 5.98. The second-order valence-electron chi connectivity index (χ2n) is 14.9. The molecule has 0 saturated carbocycles. The van der Waals surface area contributed by atoms with Crippen LogP contribution in [0.5, 0.6) is 0 Å². The van der Waals surface area contributed by atoms with E-state index in [1.807, 2.05) is 84.3 Å². The van der Waals surface area contributed by atoms with Gasteiger partial charge in [-0.15, -0.1) is 0 Å². The molecule has 2 atom stereocenters. The molecule has 3 aromatic carbocycles. The van der Waals surface area contributed by atoms with Crippen LogP contribution in [0.3, 0.4) is 0 Å². The lowest BCUT2D eigenvalue weighted by atomic mass is 9.92. The first-order valence-electron chi connectivity index (χ1n) is 18.7. The maximum absolute atomic E-state index is 13.6. The molecule has 0 bridgehead atoms. The van der Waals surface area contributed by atoms with Gasteiger partial charge in [0.25, 0.3) is 0 Å². The molecule has 0 saturated heterocycles. The van der Waals surface area contributed by atoms with Crippen LogP contribution < -0.4 is 16.0 Å². The molecular formula is C43H55N5O6. The van der Waals surface area contributed by atoms with Crippen LogP contribution >= 0.6 is 0 Å². The second kappa shape index (κ2) is 19.6. The van der Waals surface area contributed by atoms with Gasteiger partial charge in [0.1, 0.15) is 17.2 Å². The minimum absolute atomic E-state index is 0.230. The number of imidazole rings is 1. The predicted molar refractivity (Wildman–Crippen MR) is 211 cm³/mol. The zero-order chi connectivity index (χ0) is 39.1. The van der Waals surface area contributed by atoms with Crippen molar-refractivity contribution in [2.75, 3.05) is 11.9 Å². The number of unbranched alkanes of at least 4 members (excludes halogenated alkanes) is 1. The highest BCUT2D eigenvalue weighted by Crippen LogP contribution is 2.27. The van der Waals surface area contributed by atoms with Gasteiger partial charge in [0.2, 0.25) is 11.8 Å². The lowest BCUT2D eigenvalue weighted by Gasteiger charge is -2.29. The third kappa shape index (κ3) is 13.2. The number of alkyl carbamates (subject to hydrolysis) is 1. The molecule has 54 heavy (non-hydrogen) atoms. The van der Waals surface area contributed by atoms with E-state index in [2.05, 4.69) is 33.1 Å². The van der Waals surface area contributed by atoms with Gasteiger partial charge in [0.05, 0.1) is 18.9 Å². The Bertz CT molecular complexity index is 1800. The lowest BCUT2D eigenvalue weighted by molar-refractivity contribution is -0.145. The fraction of sp³-hybridized carbons (Fsp3) is 0.419. The molecule has 0 spiro atoms. The Hall–Kier alpha value is -5.45. The number of amides is 3. The predicted octanol–water partition coefficient (Wildman–Crippen LogP) is 7.82. The first-order valence-corrected chi connectivity index (χ1v) is 18.7. The van der Waals surface area contributed by atoms with Crippen LogP contribution in [-0.4, -0.2) is 57.2 Å². The molecule has 4 rings (SSSR count).